The number of pyridine rings is 1. The van der Waals surface area contributed by atoms with Gasteiger partial charge in [-0.3, -0.25) is 0 Å². The van der Waals surface area contributed by atoms with Crippen molar-refractivity contribution in [1.82, 2.24) is 24.7 Å². The number of hydrogen-bond donors (Lipinski definition) is 1. The minimum Gasteiger partial charge on any atom is -0.373 e. The second-order valence-corrected chi connectivity index (χ2v) is 6.45. The quantitative estimate of drug-likeness (QED) is 0.754. The molecule has 0 aromatic carbocycles. The molecule has 3 aromatic rings. The molecule has 0 saturated carbocycles. The van der Waals surface area contributed by atoms with Gasteiger partial charge in [0.05, 0.1) is 10.9 Å². The Balaban J connectivity index is 2.26. The Kier molecular flexibility index (Phi) is 3.79. The largest absolute Gasteiger partial charge is 0.373 e. The molecule has 3 rings (SSSR count). The molecule has 0 spiro atoms. The van der Waals surface area contributed by atoms with E-state index in [1.54, 1.807) is 24.0 Å². The second kappa shape index (κ2) is 5.52. The van der Waals surface area contributed by atoms with Crippen LogP contribution in [0.2, 0.25) is 0 Å². The standard InChI is InChI=1S/C15H16BrFN6/c1-8-5-12(21-14(20-8)15(2,3)17)23-10-6-11(18-4)19-7-9(10)13(16)22-23/h5-7H,1-4H3,(H,18,19). The summed E-state index contributed by atoms with van der Waals surface area (Å²) in [5.74, 6) is 1.36. The van der Waals surface area contributed by atoms with E-state index in [-0.39, 0.29) is 5.82 Å². The molecule has 8 heteroatoms. The molecule has 0 unspecified atom stereocenters. The molecule has 3 heterocycles. The maximum atomic E-state index is 14.3. The van der Waals surface area contributed by atoms with Crippen LogP contribution < -0.4 is 5.32 Å². The number of fused-ring (bicyclic) bond motifs is 1. The summed E-state index contributed by atoms with van der Waals surface area (Å²) in [4.78, 5) is 12.8. The van der Waals surface area contributed by atoms with Crippen molar-refractivity contribution in [2.24, 2.45) is 0 Å². The zero-order chi connectivity index (χ0) is 16.8. The van der Waals surface area contributed by atoms with E-state index >= 15 is 0 Å². The second-order valence-electron chi connectivity index (χ2n) is 5.70. The highest BCUT2D eigenvalue weighted by Crippen LogP contribution is 2.28. The fourth-order valence-electron chi connectivity index (χ4n) is 2.21. The summed E-state index contributed by atoms with van der Waals surface area (Å²) in [7, 11) is 1.79. The summed E-state index contributed by atoms with van der Waals surface area (Å²) in [5.41, 5.74) is -0.131. The first-order valence-corrected chi connectivity index (χ1v) is 7.86. The monoisotopic (exact) mass is 378 g/mol. The number of nitrogens with one attached hydrogen (secondary N) is 1. The lowest BCUT2D eigenvalue weighted by Gasteiger charge is -2.14. The van der Waals surface area contributed by atoms with Crippen molar-refractivity contribution >= 4 is 32.7 Å². The molecule has 23 heavy (non-hydrogen) atoms. The lowest BCUT2D eigenvalue weighted by Crippen LogP contribution is -2.17. The Bertz CT molecular complexity index is 884. The number of aromatic nitrogens is 5. The van der Waals surface area contributed by atoms with E-state index in [1.807, 2.05) is 13.0 Å². The van der Waals surface area contributed by atoms with Crippen LogP contribution in [-0.4, -0.2) is 31.8 Å². The van der Waals surface area contributed by atoms with E-state index in [1.165, 1.54) is 13.8 Å². The molecule has 0 radical (unpaired) electrons. The van der Waals surface area contributed by atoms with Gasteiger partial charge >= 0.3 is 0 Å². The third-order valence-corrected chi connectivity index (χ3v) is 3.95. The zero-order valence-electron chi connectivity index (χ0n) is 13.2. The number of rotatable bonds is 3. The molecule has 3 aromatic heterocycles. The van der Waals surface area contributed by atoms with Gasteiger partial charge in [-0.1, -0.05) is 0 Å². The van der Waals surface area contributed by atoms with E-state index in [4.69, 9.17) is 0 Å². The Morgan fingerprint density at radius 3 is 2.65 bits per heavy atom. The van der Waals surface area contributed by atoms with Gasteiger partial charge in [-0.2, -0.15) is 5.10 Å². The van der Waals surface area contributed by atoms with Gasteiger partial charge in [0.2, 0.25) is 0 Å². The van der Waals surface area contributed by atoms with E-state index in [0.29, 0.717) is 21.9 Å². The lowest BCUT2D eigenvalue weighted by molar-refractivity contribution is 0.206. The molecule has 0 aliphatic rings. The molecule has 0 aliphatic carbocycles. The summed E-state index contributed by atoms with van der Waals surface area (Å²) in [5, 5.41) is 8.29. The first-order valence-electron chi connectivity index (χ1n) is 7.07. The van der Waals surface area contributed by atoms with Crippen molar-refractivity contribution in [3.05, 3.63) is 34.5 Å². The summed E-state index contributed by atoms with van der Waals surface area (Å²) < 4.78 is 16.6. The van der Waals surface area contributed by atoms with Gasteiger partial charge in [0, 0.05) is 31.1 Å². The van der Waals surface area contributed by atoms with Crippen LogP contribution >= 0.6 is 15.9 Å². The van der Waals surface area contributed by atoms with Gasteiger partial charge in [-0.15, -0.1) is 0 Å². The lowest BCUT2D eigenvalue weighted by atomic mass is 10.1. The average Bonchev–Trinajstić information content (AvgIpc) is 2.82. The van der Waals surface area contributed by atoms with Crippen molar-refractivity contribution in [2.75, 3.05) is 12.4 Å². The van der Waals surface area contributed by atoms with Crippen LogP contribution in [0.3, 0.4) is 0 Å². The van der Waals surface area contributed by atoms with Crippen LogP contribution in [-0.2, 0) is 5.67 Å². The number of halogens is 2. The molecule has 0 bridgehead atoms. The highest BCUT2D eigenvalue weighted by molar-refractivity contribution is 9.10. The number of alkyl halides is 1. The Morgan fingerprint density at radius 2 is 2.00 bits per heavy atom. The van der Waals surface area contributed by atoms with E-state index < -0.39 is 5.67 Å². The van der Waals surface area contributed by atoms with Crippen molar-refractivity contribution in [3.63, 3.8) is 0 Å². The molecule has 0 atom stereocenters. The van der Waals surface area contributed by atoms with Crippen molar-refractivity contribution in [3.8, 4) is 5.82 Å². The van der Waals surface area contributed by atoms with Gasteiger partial charge in [-0.25, -0.2) is 24.0 Å². The van der Waals surface area contributed by atoms with Crippen molar-refractivity contribution < 1.29 is 4.39 Å². The SMILES string of the molecule is CNc1cc2c(cn1)c(Br)nn2-c1cc(C)nc(C(C)(C)F)n1. The van der Waals surface area contributed by atoms with E-state index in [2.05, 4.69) is 41.3 Å². The molecule has 0 aliphatic heterocycles. The van der Waals surface area contributed by atoms with Gasteiger partial charge in [0.15, 0.2) is 17.3 Å². The molecule has 0 amide bonds. The van der Waals surface area contributed by atoms with Crippen LogP contribution in [0.5, 0.6) is 0 Å². The van der Waals surface area contributed by atoms with Crippen LogP contribution in [0.25, 0.3) is 16.7 Å². The highest BCUT2D eigenvalue weighted by atomic mass is 79.9. The summed E-state index contributed by atoms with van der Waals surface area (Å²) >= 11 is 3.43. The van der Waals surface area contributed by atoms with Crippen molar-refractivity contribution in [2.45, 2.75) is 26.4 Å². The van der Waals surface area contributed by atoms with Crippen LogP contribution in [0.15, 0.2) is 22.9 Å². The first-order chi connectivity index (χ1) is 10.8. The fourth-order valence-corrected chi connectivity index (χ4v) is 2.68. The molecule has 0 saturated heterocycles. The third kappa shape index (κ3) is 2.90. The predicted molar refractivity (Wildman–Crippen MR) is 90.6 cm³/mol. The number of hydrogen-bond acceptors (Lipinski definition) is 5. The highest BCUT2D eigenvalue weighted by Gasteiger charge is 2.24. The van der Waals surface area contributed by atoms with Crippen molar-refractivity contribution in [1.29, 1.82) is 0 Å². The third-order valence-electron chi connectivity index (χ3n) is 3.37. The summed E-state index contributed by atoms with van der Waals surface area (Å²) in [6.45, 7) is 4.68. The van der Waals surface area contributed by atoms with Crippen LogP contribution in [0, 0.1) is 6.92 Å². The minimum absolute atomic E-state index is 0.134. The van der Waals surface area contributed by atoms with Crippen LogP contribution in [0.1, 0.15) is 25.4 Å². The van der Waals surface area contributed by atoms with Gasteiger partial charge in [0.1, 0.15) is 10.4 Å². The number of aryl methyl sites for hydroxylation is 1. The number of nitrogens with zero attached hydrogens (tertiary/aromatic N) is 5. The molecule has 120 valence electrons. The molecule has 1 N–H and O–H groups in total. The maximum Gasteiger partial charge on any atom is 0.167 e. The van der Waals surface area contributed by atoms with E-state index in [9.17, 15) is 4.39 Å². The molecule has 0 fully saturated rings. The maximum absolute atomic E-state index is 14.3. The number of anilines is 1. The van der Waals surface area contributed by atoms with Gasteiger partial charge < -0.3 is 5.32 Å². The zero-order valence-corrected chi connectivity index (χ0v) is 14.8. The minimum atomic E-state index is -1.63. The molecule has 6 nitrogen and oxygen atoms in total. The molecular formula is C15H16BrFN6. The topological polar surface area (TPSA) is 68.5 Å². The normalized spacial score (nSPS) is 11.9. The Hall–Kier alpha value is -2.09. The predicted octanol–water partition coefficient (Wildman–Crippen LogP) is 3.53. The van der Waals surface area contributed by atoms with Crippen LogP contribution in [0.4, 0.5) is 10.2 Å². The Morgan fingerprint density at radius 1 is 1.26 bits per heavy atom. The molecular weight excluding hydrogens is 363 g/mol. The van der Waals surface area contributed by atoms with Gasteiger partial charge in [0.25, 0.3) is 0 Å². The Labute approximate surface area is 141 Å². The first kappa shape index (κ1) is 15.8. The van der Waals surface area contributed by atoms with Gasteiger partial charge in [-0.05, 0) is 36.7 Å². The summed E-state index contributed by atoms with van der Waals surface area (Å²) in [6, 6.07) is 3.64. The van der Waals surface area contributed by atoms with E-state index in [0.717, 1.165) is 10.9 Å². The summed E-state index contributed by atoms with van der Waals surface area (Å²) in [6.07, 6.45) is 1.73. The average molecular weight is 379 g/mol. The fraction of sp³-hybridized carbons (Fsp3) is 0.333. The smallest absolute Gasteiger partial charge is 0.167 e.